The van der Waals surface area contributed by atoms with Crippen molar-refractivity contribution < 1.29 is 9.47 Å². The van der Waals surface area contributed by atoms with Crippen LogP contribution in [0.4, 0.5) is 0 Å². The van der Waals surface area contributed by atoms with E-state index in [-0.39, 0.29) is 5.44 Å². The minimum Gasteiger partial charge on any atom is -0.375 e. The maximum atomic E-state index is 5.29. The molecule has 1 atom stereocenters. The van der Waals surface area contributed by atoms with E-state index < -0.39 is 0 Å². The Morgan fingerprint density at radius 3 is 3.00 bits per heavy atom. The summed E-state index contributed by atoms with van der Waals surface area (Å²) in [5.41, 5.74) is 0.177. The van der Waals surface area contributed by atoms with Crippen molar-refractivity contribution in [1.82, 2.24) is 0 Å². The summed E-state index contributed by atoms with van der Waals surface area (Å²) in [7, 11) is 0. The van der Waals surface area contributed by atoms with E-state index in [1.807, 2.05) is 0 Å². The Balaban J connectivity index is 2.15. The van der Waals surface area contributed by atoms with Crippen LogP contribution in [0.2, 0.25) is 0 Å². The Labute approximate surface area is 59.2 Å². The molecule has 2 nitrogen and oxygen atoms in total. The van der Waals surface area contributed by atoms with Crippen molar-refractivity contribution in [3.63, 3.8) is 0 Å². The smallest absolute Gasteiger partial charge is 0.130 e. The lowest BCUT2D eigenvalue weighted by Gasteiger charge is -2.20. The molecule has 0 aromatic rings. The van der Waals surface area contributed by atoms with Crippen molar-refractivity contribution in [3.8, 4) is 0 Å². The van der Waals surface area contributed by atoms with E-state index in [9.17, 15) is 0 Å². The van der Waals surface area contributed by atoms with E-state index in [2.05, 4.69) is 6.58 Å². The Kier molecular flexibility index (Phi) is 3.11. The molecule has 1 rings (SSSR count). The second kappa shape index (κ2) is 3.93. The highest BCUT2D eigenvalue weighted by molar-refractivity contribution is 8.02. The van der Waals surface area contributed by atoms with Crippen LogP contribution >= 0.6 is 11.8 Å². The molecule has 52 valence electrons. The molecule has 1 aliphatic heterocycles. The van der Waals surface area contributed by atoms with Gasteiger partial charge in [0.25, 0.3) is 0 Å². The van der Waals surface area contributed by atoms with Gasteiger partial charge in [0.15, 0.2) is 0 Å². The van der Waals surface area contributed by atoms with Gasteiger partial charge in [-0.05, 0) is 5.41 Å². The van der Waals surface area contributed by atoms with E-state index in [0.717, 1.165) is 6.61 Å². The van der Waals surface area contributed by atoms with Gasteiger partial charge in [-0.15, -0.1) is 11.8 Å². The standard InChI is InChI=1S/C6H10O2S/c1-2-9-6-5-7-3-4-8-6/h2,6H,1,3-5H2. The Morgan fingerprint density at radius 2 is 2.44 bits per heavy atom. The highest BCUT2D eigenvalue weighted by Gasteiger charge is 2.11. The van der Waals surface area contributed by atoms with Gasteiger partial charge in [0.2, 0.25) is 0 Å². The molecule has 0 aromatic heterocycles. The van der Waals surface area contributed by atoms with Crippen LogP contribution in [0.25, 0.3) is 0 Å². The molecule has 1 saturated heterocycles. The molecule has 0 radical (unpaired) electrons. The number of thioether (sulfide) groups is 1. The first-order valence-electron chi connectivity index (χ1n) is 2.89. The van der Waals surface area contributed by atoms with Crippen molar-refractivity contribution in [2.24, 2.45) is 0 Å². The molecule has 9 heavy (non-hydrogen) atoms. The maximum Gasteiger partial charge on any atom is 0.130 e. The van der Waals surface area contributed by atoms with E-state index in [0.29, 0.717) is 13.2 Å². The van der Waals surface area contributed by atoms with Gasteiger partial charge >= 0.3 is 0 Å². The fourth-order valence-electron chi connectivity index (χ4n) is 0.652. The van der Waals surface area contributed by atoms with E-state index >= 15 is 0 Å². The summed E-state index contributed by atoms with van der Waals surface area (Å²) < 4.78 is 10.4. The summed E-state index contributed by atoms with van der Waals surface area (Å²) in [5, 5.41) is 1.78. The average Bonchev–Trinajstić information content (AvgIpc) is 1.91. The topological polar surface area (TPSA) is 18.5 Å². The summed E-state index contributed by atoms with van der Waals surface area (Å²) in [4.78, 5) is 0. The monoisotopic (exact) mass is 146 g/mol. The zero-order chi connectivity index (χ0) is 6.53. The fraction of sp³-hybridized carbons (Fsp3) is 0.667. The normalized spacial score (nSPS) is 27.8. The van der Waals surface area contributed by atoms with Gasteiger partial charge < -0.3 is 9.47 Å². The van der Waals surface area contributed by atoms with Crippen LogP contribution in [-0.2, 0) is 9.47 Å². The van der Waals surface area contributed by atoms with Crippen LogP contribution in [-0.4, -0.2) is 25.3 Å². The third-order valence-corrected chi connectivity index (χ3v) is 1.80. The molecule has 0 amide bonds. The average molecular weight is 146 g/mol. The number of ether oxygens (including phenoxy) is 2. The van der Waals surface area contributed by atoms with Crippen molar-refractivity contribution in [1.29, 1.82) is 0 Å². The third kappa shape index (κ3) is 2.39. The number of hydrogen-bond donors (Lipinski definition) is 0. The molecule has 0 bridgehead atoms. The number of rotatable bonds is 2. The zero-order valence-corrected chi connectivity index (χ0v) is 6.02. The summed E-state index contributed by atoms with van der Waals surface area (Å²) in [6, 6.07) is 0. The molecule has 0 aromatic carbocycles. The lowest BCUT2D eigenvalue weighted by molar-refractivity contribution is -0.0495. The number of hydrogen-bond acceptors (Lipinski definition) is 3. The van der Waals surface area contributed by atoms with Gasteiger partial charge in [0, 0.05) is 0 Å². The first-order chi connectivity index (χ1) is 4.43. The van der Waals surface area contributed by atoms with Gasteiger partial charge in [-0.3, -0.25) is 0 Å². The second-order valence-corrected chi connectivity index (χ2v) is 2.81. The van der Waals surface area contributed by atoms with Crippen molar-refractivity contribution in [2.45, 2.75) is 5.44 Å². The van der Waals surface area contributed by atoms with Gasteiger partial charge in [-0.2, -0.15) is 0 Å². The zero-order valence-electron chi connectivity index (χ0n) is 5.21. The van der Waals surface area contributed by atoms with E-state index in [4.69, 9.17) is 9.47 Å². The van der Waals surface area contributed by atoms with Gasteiger partial charge in [0.1, 0.15) is 5.44 Å². The summed E-state index contributed by atoms with van der Waals surface area (Å²) in [6.07, 6.45) is 0. The molecular weight excluding hydrogens is 136 g/mol. The predicted octanol–water partition coefficient (Wildman–Crippen LogP) is 1.24. The molecule has 0 aliphatic carbocycles. The van der Waals surface area contributed by atoms with Gasteiger partial charge in [-0.25, -0.2) is 0 Å². The van der Waals surface area contributed by atoms with Crippen LogP contribution in [0.1, 0.15) is 0 Å². The minimum atomic E-state index is 0.177. The first-order valence-corrected chi connectivity index (χ1v) is 3.83. The Morgan fingerprint density at radius 1 is 1.56 bits per heavy atom. The summed E-state index contributed by atoms with van der Waals surface area (Å²) in [6.45, 7) is 5.72. The largest absolute Gasteiger partial charge is 0.375 e. The lowest BCUT2D eigenvalue weighted by atomic mass is 10.6. The molecule has 0 N–H and O–H groups in total. The fourth-order valence-corrected chi connectivity index (χ4v) is 1.22. The molecule has 3 heteroatoms. The summed E-state index contributed by atoms with van der Waals surface area (Å²) >= 11 is 1.57. The Bertz CT molecular complexity index is 89.1. The Hall–Kier alpha value is 0.01000. The van der Waals surface area contributed by atoms with Crippen LogP contribution in [0.5, 0.6) is 0 Å². The quantitative estimate of drug-likeness (QED) is 0.584. The predicted molar refractivity (Wildman–Crippen MR) is 38.3 cm³/mol. The molecule has 0 spiro atoms. The lowest BCUT2D eigenvalue weighted by Crippen LogP contribution is -2.25. The van der Waals surface area contributed by atoms with Crippen LogP contribution in [0.3, 0.4) is 0 Å². The van der Waals surface area contributed by atoms with Gasteiger partial charge in [0.05, 0.1) is 19.8 Å². The molecule has 0 saturated carbocycles. The van der Waals surface area contributed by atoms with Crippen LogP contribution < -0.4 is 0 Å². The van der Waals surface area contributed by atoms with Crippen molar-refractivity contribution >= 4 is 11.8 Å². The van der Waals surface area contributed by atoms with E-state index in [1.165, 1.54) is 0 Å². The first kappa shape index (κ1) is 7.12. The minimum absolute atomic E-state index is 0.177. The van der Waals surface area contributed by atoms with Crippen LogP contribution in [0.15, 0.2) is 12.0 Å². The SMILES string of the molecule is C=CSC1COCCO1. The van der Waals surface area contributed by atoms with Gasteiger partial charge in [-0.1, -0.05) is 6.58 Å². The van der Waals surface area contributed by atoms with E-state index in [1.54, 1.807) is 17.2 Å². The molecule has 1 unspecified atom stereocenters. The van der Waals surface area contributed by atoms with Crippen molar-refractivity contribution in [2.75, 3.05) is 19.8 Å². The molecule has 1 heterocycles. The highest BCUT2D eigenvalue weighted by Crippen LogP contribution is 2.15. The maximum absolute atomic E-state index is 5.29. The molecular formula is C6H10O2S. The van der Waals surface area contributed by atoms with Crippen LogP contribution in [0, 0.1) is 0 Å². The highest BCUT2D eigenvalue weighted by atomic mass is 32.2. The van der Waals surface area contributed by atoms with Crippen molar-refractivity contribution in [3.05, 3.63) is 12.0 Å². The molecule has 1 aliphatic rings. The third-order valence-electron chi connectivity index (χ3n) is 1.03. The molecule has 1 fully saturated rings. The second-order valence-electron chi connectivity index (χ2n) is 1.68. The summed E-state index contributed by atoms with van der Waals surface area (Å²) in [5.74, 6) is 0.